The Bertz CT molecular complexity index is 596. The molecule has 2 fully saturated rings. The van der Waals surface area contributed by atoms with Gasteiger partial charge in [-0.3, -0.25) is 4.90 Å². The van der Waals surface area contributed by atoms with E-state index in [0.29, 0.717) is 11.4 Å². The van der Waals surface area contributed by atoms with Gasteiger partial charge in [0, 0.05) is 25.5 Å². The summed E-state index contributed by atoms with van der Waals surface area (Å²) in [7, 11) is 0. The van der Waals surface area contributed by atoms with Crippen molar-refractivity contribution in [3.63, 3.8) is 0 Å². The molecule has 0 saturated carbocycles. The number of carbonyl (C=O) groups is 1. The van der Waals surface area contributed by atoms with E-state index in [1.54, 1.807) is 0 Å². The van der Waals surface area contributed by atoms with E-state index in [4.69, 9.17) is 11.5 Å². The fourth-order valence-corrected chi connectivity index (χ4v) is 3.59. The molecule has 6 nitrogen and oxygen atoms in total. The van der Waals surface area contributed by atoms with Gasteiger partial charge in [-0.1, -0.05) is 5.92 Å². The average molecular weight is 351 g/mol. The molecule has 1 aromatic heterocycles. The first-order valence-corrected chi connectivity index (χ1v) is 8.08. The Morgan fingerprint density at radius 3 is 2.21 bits per heavy atom. The molecule has 0 atom stereocenters. The van der Waals surface area contributed by atoms with Crippen LogP contribution in [0.2, 0.25) is 0 Å². The maximum Gasteiger partial charge on any atom is 0.338 e. The highest BCUT2D eigenvalue weighted by Crippen LogP contribution is 2.41. The summed E-state index contributed by atoms with van der Waals surface area (Å²) in [5.41, 5.74) is 0.561. The lowest BCUT2D eigenvalue weighted by molar-refractivity contribution is 0.0696. The molecule has 2 saturated heterocycles. The third-order valence-corrected chi connectivity index (χ3v) is 5.22. The third-order valence-electron chi connectivity index (χ3n) is 5.22. The van der Waals surface area contributed by atoms with Gasteiger partial charge >= 0.3 is 5.97 Å². The lowest BCUT2D eigenvalue weighted by Gasteiger charge is -2.46. The van der Waals surface area contributed by atoms with Crippen LogP contribution in [0.4, 0.5) is 5.95 Å². The molecule has 3 rings (SSSR count). The zero-order valence-electron chi connectivity index (χ0n) is 13.6. The summed E-state index contributed by atoms with van der Waals surface area (Å²) in [6.45, 7) is 4.80. The van der Waals surface area contributed by atoms with Crippen molar-refractivity contribution in [2.45, 2.75) is 25.7 Å². The van der Waals surface area contributed by atoms with Gasteiger partial charge in [-0.15, -0.1) is 18.8 Å². The van der Waals surface area contributed by atoms with E-state index in [1.165, 1.54) is 25.2 Å². The second-order valence-corrected chi connectivity index (χ2v) is 6.54. The Morgan fingerprint density at radius 2 is 1.71 bits per heavy atom. The molecule has 130 valence electrons. The SMILES string of the molecule is C#CCN1CCC2(CC1)CCN(c1ncc(C(=O)O)cn1)CC2.Cl. The number of terminal acetylenes is 1. The maximum atomic E-state index is 10.9. The van der Waals surface area contributed by atoms with E-state index in [-0.39, 0.29) is 18.0 Å². The van der Waals surface area contributed by atoms with Gasteiger partial charge in [0.15, 0.2) is 0 Å². The minimum absolute atomic E-state index is 0. The summed E-state index contributed by atoms with van der Waals surface area (Å²) in [6.07, 6.45) is 12.9. The Labute approximate surface area is 148 Å². The Morgan fingerprint density at radius 1 is 1.17 bits per heavy atom. The molecule has 0 aromatic carbocycles. The molecule has 0 aliphatic carbocycles. The number of aromatic carboxylic acids is 1. The molecule has 1 spiro atoms. The fraction of sp³-hybridized carbons (Fsp3) is 0.588. The van der Waals surface area contributed by atoms with Gasteiger partial charge in [0.1, 0.15) is 0 Å². The van der Waals surface area contributed by atoms with Crippen molar-refractivity contribution >= 4 is 24.3 Å². The van der Waals surface area contributed by atoms with Gasteiger partial charge in [0.05, 0.1) is 12.1 Å². The van der Waals surface area contributed by atoms with Crippen molar-refractivity contribution in [1.82, 2.24) is 14.9 Å². The third kappa shape index (κ3) is 3.97. The first-order valence-electron chi connectivity index (χ1n) is 8.08. The smallest absolute Gasteiger partial charge is 0.338 e. The lowest BCUT2D eigenvalue weighted by Crippen LogP contribution is -2.47. The summed E-state index contributed by atoms with van der Waals surface area (Å²) in [5, 5.41) is 8.90. The molecule has 7 heteroatoms. The molecule has 2 aliphatic heterocycles. The van der Waals surface area contributed by atoms with Crippen molar-refractivity contribution in [2.75, 3.05) is 37.6 Å². The Hall–Kier alpha value is -1.84. The van der Waals surface area contributed by atoms with Gasteiger partial charge in [-0.25, -0.2) is 14.8 Å². The van der Waals surface area contributed by atoms with Gasteiger partial charge in [-0.2, -0.15) is 0 Å². The van der Waals surface area contributed by atoms with Crippen molar-refractivity contribution in [2.24, 2.45) is 5.41 Å². The summed E-state index contributed by atoms with van der Waals surface area (Å²) in [6, 6.07) is 0. The Balaban J connectivity index is 0.00000208. The summed E-state index contributed by atoms with van der Waals surface area (Å²) >= 11 is 0. The molecule has 3 heterocycles. The van der Waals surface area contributed by atoms with Gasteiger partial charge in [0.2, 0.25) is 5.95 Å². The quantitative estimate of drug-likeness (QED) is 0.840. The Kier molecular flexibility index (Phi) is 6.03. The molecule has 0 bridgehead atoms. The zero-order chi connectivity index (χ0) is 16.3. The molecule has 0 unspecified atom stereocenters. The molecular weight excluding hydrogens is 328 g/mol. The average Bonchev–Trinajstić information content (AvgIpc) is 2.58. The minimum atomic E-state index is -0.993. The predicted molar refractivity (Wildman–Crippen MR) is 94.6 cm³/mol. The van der Waals surface area contributed by atoms with E-state index >= 15 is 0 Å². The highest BCUT2D eigenvalue weighted by molar-refractivity contribution is 5.86. The van der Waals surface area contributed by atoms with Crippen molar-refractivity contribution in [1.29, 1.82) is 0 Å². The maximum absolute atomic E-state index is 10.9. The summed E-state index contributed by atoms with van der Waals surface area (Å²) in [5.74, 6) is 2.37. The van der Waals surface area contributed by atoms with E-state index in [1.807, 2.05) is 0 Å². The number of hydrogen-bond acceptors (Lipinski definition) is 5. The van der Waals surface area contributed by atoms with E-state index < -0.39 is 5.97 Å². The number of nitrogens with zero attached hydrogens (tertiary/aromatic N) is 4. The number of piperidine rings is 2. The van der Waals surface area contributed by atoms with Crippen molar-refractivity contribution in [3.05, 3.63) is 18.0 Å². The molecular formula is C17H23ClN4O2. The second-order valence-electron chi connectivity index (χ2n) is 6.54. The van der Waals surface area contributed by atoms with Crippen LogP contribution in [-0.2, 0) is 0 Å². The van der Waals surface area contributed by atoms with Crippen LogP contribution in [0.15, 0.2) is 12.4 Å². The number of aromatic nitrogens is 2. The fourth-order valence-electron chi connectivity index (χ4n) is 3.59. The zero-order valence-corrected chi connectivity index (χ0v) is 14.5. The largest absolute Gasteiger partial charge is 0.478 e. The molecule has 1 aromatic rings. The summed E-state index contributed by atoms with van der Waals surface area (Å²) in [4.78, 5) is 23.8. The van der Waals surface area contributed by atoms with Crippen LogP contribution in [0.3, 0.4) is 0 Å². The van der Waals surface area contributed by atoms with Crippen LogP contribution >= 0.6 is 12.4 Å². The number of hydrogen-bond donors (Lipinski definition) is 1. The normalized spacial score (nSPS) is 20.2. The molecule has 0 amide bonds. The monoisotopic (exact) mass is 350 g/mol. The van der Waals surface area contributed by atoms with Crippen LogP contribution < -0.4 is 4.90 Å². The minimum Gasteiger partial charge on any atom is -0.478 e. The van der Waals surface area contributed by atoms with E-state index in [2.05, 4.69) is 25.7 Å². The number of carboxylic acids is 1. The number of halogens is 1. The lowest BCUT2D eigenvalue weighted by atomic mass is 9.71. The number of anilines is 1. The molecule has 2 aliphatic rings. The molecule has 24 heavy (non-hydrogen) atoms. The molecule has 1 N–H and O–H groups in total. The van der Waals surface area contributed by atoms with Crippen LogP contribution in [0, 0.1) is 17.8 Å². The topological polar surface area (TPSA) is 69.6 Å². The number of likely N-dealkylation sites (tertiary alicyclic amines) is 1. The van der Waals surface area contributed by atoms with Crippen LogP contribution in [-0.4, -0.2) is 58.7 Å². The van der Waals surface area contributed by atoms with Crippen LogP contribution in [0.1, 0.15) is 36.0 Å². The van der Waals surface area contributed by atoms with Crippen molar-refractivity contribution < 1.29 is 9.90 Å². The highest BCUT2D eigenvalue weighted by atomic mass is 35.5. The highest BCUT2D eigenvalue weighted by Gasteiger charge is 2.37. The summed E-state index contributed by atoms with van der Waals surface area (Å²) < 4.78 is 0. The van der Waals surface area contributed by atoms with Gasteiger partial charge in [0.25, 0.3) is 0 Å². The predicted octanol–water partition coefficient (Wildman–Crippen LogP) is 1.91. The second kappa shape index (κ2) is 7.82. The first-order chi connectivity index (χ1) is 11.1. The van der Waals surface area contributed by atoms with Gasteiger partial charge in [-0.05, 0) is 44.2 Å². The number of carboxylic acid groups (broad SMARTS) is 1. The van der Waals surface area contributed by atoms with Crippen LogP contribution in [0.25, 0.3) is 0 Å². The standard InChI is InChI=1S/C17H22N4O2.ClH/c1-2-7-20-8-3-17(4-9-20)5-10-21(11-6-17)16-18-12-14(13-19-16)15(22)23;/h1,12-13H,3-11H2,(H,22,23);1H. The van der Waals surface area contributed by atoms with Gasteiger partial charge < -0.3 is 10.0 Å². The molecule has 0 radical (unpaired) electrons. The van der Waals surface area contributed by atoms with Crippen molar-refractivity contribution in [3.8, 4) is 12.3 Å². The van der Waals surface area contributed by atoms with E-state index in [9.17, 15) is 4.79 Å². The van der Waals surface area contributed by atoms with E-state index in [0.717, 1.165) is 45.6 Å². The first kappa shape index (κ1) is 18.5. The van der Waals surface area contributed by atoms with Crippen LogP contribution in [0.5, 0.6) is 0 Å². The number of rotatable bonds is 3.